The predicted octanol–water partition coefficient (Wildman–Crippen LogP) is 16.0. The molecule has 0 spiro atoms. The Kier molecular flexibility index (Phi) is 13.6. The number of rotatable bonds is 18. The van der Waals surface area contributed by atoms with Gasteiger partial charge in [0, 0.05) is 32.9 Å². The molecule has 4 nitrogen and oxygen atoms in total. The first kappa shape index (κ1) is 45.8. The van der Waals surface area contributed by atoms with E-state index in [2.05, 4.69) is 185 Å². The zero-order valence-corrected chi connectivity index (χ0v) is 39.8. The van der Waals surface area contributed by atoms with Gasteiger partial charge in [-0.2, -0.15) is 4.57 Å². The molecule has 0 aliphatic heterocycles. The molecule has 68 heavy (non-hydrogen) atoms. The minimum absolute atomic E-state index is 0.401. The van der Waals surface area contributed by atoms with E-state index in [1.54, 1.807) is 0 Å². The van der Waals surface area contributed by atoms with Crippen LogP contribution in [-0.2, 0) is 40.1 Å². The maximum atomic E-state index is 16.6. The van der Waals surface area contributed by atoms with Crippen LogP contribution in [0.2, 0.25) is 0 Å². The van der Waals surface area contributed by atoms with E-state index in [1.165, 1.54) is 0 Å². The van der Waals surface area contributed by atoms with Gasteiger partial charge in [0.2, 0.25) is 0 Å². The second-order valence-electron chi connectivity index (χ2n) is 18.3. The predicted molar refractivity (Wildman–Crippen MR) is 278 cm³/mol. The summed E-state index contributed by atoms with van der Waals surface area (Å²) in [4.78, 5) is 0. The Hall–Kier alpha value is -7.39. The van der Waals surface area contributed by atoms with Crippen LogP contribution in [-0.4, -0.2) is 0 Å². The largest absolute Gasteiger partial charge is 0.647 e. The van der Waals surface area contributed by atoms with E-state index in [-0.39, 0.29) is 0 Å². The molecule has 0 fully saturated rings. The maximum Gasteiger partial charge on any atom is 0.647 e. The van der Waals surface area contributed by atoms with E-state index in [9.17, 15) is 0 Å². The highest BCUT2D eigenvalue weighted by Gasteiger charge is 2.42. The van der Waals surface area contributed by atoms with Crippen LogP contribution in [0.25, 0.3) is 0 Å². The molecular weight excluding hydrogens is 852 g/mol. The second-order valence-corrected chi connectivity index (χ2v) is 19.7. The van der Waals surface area contributed by atoms with Crippen molar-refractivity contribution in [3.63, 3.8) is 0 Å². The molecule has 0 bridgehead atoms. The van der Waals surface area contributed by atoms with E-state index in [0.29, 0.717) is 36.5 Å². The summed E-state index contributed by atoms with van der Waals surface area (Å²) in [6, 6.07) is 86.3. The molecule has 0 radical (unpaired) electrons. The molecule has 3 unspecified atom stereocenters. The molecule has 0 heterocycles. The fourth-order valence-electron chi connectivity index (χ4n) is 9.91. The smallest absolute Gasteiger partial charge is 0.386 e. The van der Waals surface area contributed by atoms with E-state index in [0.717, 1.165) is 50.1 Å². The van der Waals surface area contributed by atoms with Crippen LogP contribution in [0.3, 0.4) is 0 Å². The van der Waals surface area contributed by atoms with E-state index < -0.39 is 24.1 Å². The van der Waals surface area contributed by atoms with Gasteiger partial charge in [-0.05, 0) is 70.8 Å². The summed E-state index contributed by atoms with van der Waals surface area (Å²) in [7, 11) is -4.70. The molecule has 0 N–H and O–H groups in total. The Morgan fingerprint density at radius 3 is 0.750 bits per heavy atom. The van der Waals surface area contributed by atoms with Crippen molar-refractivity contribution >= 4 is 7.82 Å². The average molecular weight is 909 g/mol. The molecule has 0 aromatic heterocycles. The van der Waals surface area contributed by atoms with Crippen molar-refractivity contribution in [1.82, 2.24) is 0 Å². The molecule has 0 saturated carbocycles. The van der Waals surface area contributed by atoms with Crippen molar-refractivity contribution in [2.75, 3.05) is 0 Å². The average Bonchev–Trinajstić information content (AvgIpc) is 3.38. The summed E-state index contributed by atoms with van der Waals surface area (Å²) in [5.74, 6) is 1.20. The summed E-state index contributed by atoms with van der Waals surface area (Å²) in [5.41, 5.74) is 7.42. The van der Waals surface area contributed by atoms with Gasteiger partial charge < -0.3 is 13.6 Å². The Morgan fingerprint density at radius 2 is 0.500 bits per heavy atom. The van der Waals surface area contributed by atoms with Gasteiger partial charge in [0.05, 0.1) is 0 Å². The quantitative estimate of drug-likeness (QED) is 0.0805. The number of hydrogen-bond donors (Lipinski definition) is 0. The first-order chi connectivity index (χ1) is 33.2. The lowest BCUT2D eigenvalue weighted by Gasteiger charge is -2.35. The molecule has 9 rings (SSSR count). The SMILES string of the molecule is CC(Cc1ccccc1)(c1ccccc1)c1ccccc1OP(=O)(Oc1ccccc1C(C)(Cc1ccccc1)c1ccccc1)Oc1ccccc1C(C)(Cc1ccccc1)c1ccccc1. The van der Waals surface area contributed by atoms with Crippen molar-refractivity contribution in [1.29, 1.82) is 0 Å². The number of benzene rings is 9. The van der Waals surface area contributed by atoms with Gasteiger partial charge in [-0.15, -0.1) is 0 Å². The van der Waals surface area contributed by atoms with E-state index in [4.69, 9.17) is 13.6 Å². The number of phosphoric ester groups is 1. The lowest BCUT2D eigenvalue weighted by Crippen LogP contribution is -2.29. The molecule has 338 valence electrons. The van der Waals surface area contributed by atoms with Crippen LogP contribution in [0.1, 0.15) is 70.8 Å². The molecule has 9 aromatic carbocycles. The first-order valence-electron chi connectivity index (χ1n) is 23.4. The molecule has 0 amide bonds. The van der Waals surface area contributed by atoms with Gasteiger partial charge in [-0.3, -0.25) is 0 Å². The first-order valence-corrected chi connectivity index (χ1v) is 24.9. The van der Waals surface area contributed by atoms with Crippen molar-refractivity contribution in [3.05, 3.63) is 305 Å². The van der Waals surface area contributed by atoms with Crippen molar-refractivity contribution in [2.45, 2.75) is 56.3 Å². The third-order valence-electron chi connectivity index (χ3n) is 13.5. The summed E-state index contributed by atoms with van der Waals surface area (Å²) in [6.45, 7) is 6.66. The number of phosphoric acid groups is 1. The Balaban J connectivity index is 1.21. The second kappa shape index (κ2) is 20.2. The van der Waals surface area contributed by atoms with Gasteiger partial charge in [0.15, 0.2) is 0 Å². The summed E-state index contributed by atoms with van der Waals surface area (Å²) in [5, 5.41) is 0. The zero-order valence-electron chi connectivity index (χ0n) is 39.0. The fourth-order valence-corrected chi connectivity index (χ4v) is 11.2. The van der Waals surface area contributed by atoms with E-state index >= 15 is 4.57 Å². The fraction of sp³-hybridized carbons (Fsp3) is 0.143. The number of hydrogen-bond acceptors (Lipinski definition) is 4. The summed E-state index contributed by atoms with van der Waals surface area (Å²) >= 11 is 0. The monoisotopic (exact) mass is 908 g/mol. The van der Waals surface area contributed by atoms with Crippen molar-refractivity contribution < 1.29 is 18.1 Å². The Bertz CT molecular complexity index is 2740. The summed E-state index contributed by atoms with van der Waals surface area (Å²) < 4.78 is 37.7. The van der Waals surface area contributed by atoms with Crippen molar-refractivity contribution in [3.8, 4) is 17.2 Å². The summed E-state index contributed by atoms with van der Waals surface area (Å²) in [6.07, 6.45) is 1.96. The van der Waals surface area contributed by atoms with Crippen LogP contribution in [0.4, 0.5) is 0 Å². The van der Waals surface area contributed by atoms with Gasteiger partial charge in [0.1, 0.15) is 17.2 Å². The van der Waals surface area contributed by atoms with Crippen LogP contribution >= 0.6 is 7.82 Å². The minimum Gasteiger partial charge on any atom is -0.386 e. The van der Waals surface area contributed by atoms with Crippen LogP contribution in [0, 0.1) is 0 Å². The molecule has 0 aliphatic carbocycles. The molecule has 3 atom stereocenters. The minimum atomic E-state index is -4.70. The molecule has 5 heteroatoms. The van der Waals surface area contributed by atoms with Crippen LogP contribution in [0.15, 0.2) is 255 Å². The topological polar surface area (TPSA) is 44.8 Å². The normalized spacial score (nSPS) is 14.8. The van der Waals surface area contributed by atoms with Gasteiger partial charge >= 0.3 is 7.82 Å². The zero-order chi connectivity index (χ0) is 46.9. The van der Waals surface area contributed by atoms with E-state index in [1.807, 2.05) is 91.0 Å². The third kappa shape index (κ3) is 9.98. The maximum absolute atomic E-state index is 16.6. The van der Waals surface area contributed by atoms with Crippen LogP contribution in [0.5, 0.6) is 17.2 Å². The molecule has 0 saturated heterocycles. The highest BCUT2D eigenvalue weighted by Crippen LogP contribution is 2.56. The Labute approximate surface area is 402 Å². The third-order valence-corrected chi connectivity index (χ3v) is 14.8. The highest BCUT2D eigenvalue weighted by atomic mass is 31.2. The number of para-hydroxylation sites is 3. The van der Waals surface area contributed by atoms with Gasteiger partial charge in [-0.25, -0.2) is 0 Å². The lowest BCUT2D eigenvalue weighted by atomic mass is 9.72. The van der Waals surface area contributed by atoms with Gasteiger partial charge in [-0.1, -0.05) is 257 Å². The standard InChI is InChI=1S/C63H57O4P/c1-61(52-34-16-7-17-35-52,46-49-28-10-4-11-29-49)55-40-22-25-43-58(55)65-68(64,66-59-44-26-23-41-56(59)62(2,53-36-18-8-19-37-53)47-50-30-12-5-13-31-50)67-60-45-27-24-42-57(60)63(3,54-38-20-9-21-39-54)48-51-32-14-6-15-33-51/h4-45H,46-48H2,1-3H3. The molecular formula is C63H57O4P. The molecule has 0 aliphatic rings. The van der Waals surface area contributed by atoms with Gasteiger partial charge in [0.25, 0.3) is 0 Å². The van der Waals surface area contributed by atoms with Crippen LogP contribution < -0.4 is 13.6 Å². The Morgan fingerprint density at radius 1 is 0.294 bits per heavy atom. The molecule has 9 aromatic rings. The highest BCUT2D eigenvalue weighted by molar-refractivity contribution is 7.49. The lowest BCUT2D eigenvalue weighted by molar-refractivity contribution is 0.290. The van der Waals surface area contributed by atoms with Crippen molar-refractivity contribution in [2.24, 2.45) is 0 Å².